The monoisotopic (exact) mass is 462 g/mol. The minimum Gasteiger partial charge on any atom is -0.480 e. The molecule has 9 nitrogen and oxygen atoms in total. The normalized spacial score (nSPS) is 13.9. The van der Waals surface area contributed by atoms with Gasteiger partial charge >= 0.3 is 12.1 Å². The first-order valence-electron chi connectivity index (χ1n) is 11.1. The van der Waals surface area contributed by atoms with Gasteiger partial charge in [0.2, 0.25) is 5.91 Å². The first-order chi connectivity index (χ1) is 16.5. The van der Waals surface area contributed by atoms with Crippen LogP contribution in [0, 0.1) is 0 Å². The van der Waals surface area contributed by atoms with Gasteiger partial charge in [0.1, 0.15) is 18.7 Å². The second kappa shape index (κ2) is 10.2. The number of rotatable bonds is 9. The van der Waals surface area contributed by atoms with Crippen molar-refractivity contribution in [1.29, 1.82) is 0 Å². The van der Waals surface area contributed by atoms with Crippen molar-refractivity contribution in [2.75, 3.05) is 6.61 Å². The Balaban J connectivity index is 1.45. The number of amides is 2. The second-order valence-electron chi connectivity index (χ2n) is 8.11. The molecular weight excluding hydrogens is 436 g/mol. The number of nitrogens with one attached hydrogen (secondary N) is 3. The SMILES string of the molecule is CC[C@@H](NC(=O)[C@H](Cc1cnc[nH]1)NC(=O)OCC1c2ccccc2-c2ccccc21)C(=O)O. The van der Waals surface area contributed by atoms with Crippen molar-refractivity contribution < 1.29 is 24.2 Å². The molecule has 0 radical (unpaired) electrons. The molecule has 176 valence electrons. The van der Waals surface area contributed by atoms with E-state index in [-0.39, 0.29) is 25.4 Å². The van der Waals surface area contributed by atoms with Crippen LogP contribution in [0.2, 0.25) is 0 Å². The number of aromatic amines is 1. The van der Waals surface area contributed by atoms with Crippen molar-refractivity contribution in [2.45, 2.75) is 37.8 Å². The van der Waals surface area contributed by atoms with Gasteiger partial charge in [-0.1, -0.05) is 55.5 Å². The van der Waals surface area contributed by atoms with Crippen LogP contribution < -0.4 is 10.6 Å². The predicted molar refractivity (Wildman–Crippen MR) is 124 cm³/mol. The molecule has 3 aromatic rings. The number of hydrogen-bond donors (Lipinski definition) is 4. The highest BCUT2D eigenvalue weighted by atomic mass is 16.5. The van der Waals surface area contributed by atoms with Crippen molar-refractivity contribution in [2.24, 2.45) is 0 Å². The van der Waals surface area contributed by atoms with Crippen molar-refractivity contribution in [3.05, 3.63) is 77.9 Å². The van der Waals surface area contributed by atoms with Crippen LogP contribution in [-0.2, 0) is 20.7 Å². The van der Waals surface area contributed by atoms with E-state index in [1.807, 2.05) is 48.5 Å². The summed E-state index contributed by atoms with van der Waals surface area (Å²) in [6.07, 6.45) is 2.55. The zero-order chi connectivity index (χ0) is 24.1. The Bertz CT molecular complexity index is 1130. The molecule has 9 heteroatoms. The van der Waals surface area contributed by atoms with Crippen LogP contribution >= 0.6 is 0 Å². The van der Waals surface area contributed by atoms with Gasteiger partial charge in [0.25, 0.3) is 0 Å². The van der Waals surface area contributed by atoms with E-state index in [2.05, 4.69) is 20.6 Å². The van der Waals surface area contributed by atoms with E-state index in [0.29, 0.717) is 5.69 Å². The van der Waals surface area contributed by atoms with E-state index in [0.717, 1.165) is 22.3 Å². The Morgan fingerprint density at radius 2 is 1.68 bits per heavy atom. The van der Waals surface area contributed by atoms with Crippen LogP contribution in [0.5, 0.6) is 0 Å². The molecule has 0 fully saturated rings. The summed E-state index contributed by atoms with van der Waals surface area (Å²) in [4.78, 5) is 43.6. The summed E-state index contributed by atoms with van der Waals surface area (Å²) in [7, 11) is 0. The lowest BCUT2D eigenvalue weighted by atomic mass is 9.98. The summed E-state index contributed by atoms with van der Waals surface area (Å²) in [6.45, 7) is 1.76. The lowest BCUT2D eigenvalue weighted by Gasteiger charge is -2.21. The van der Waals surface area contributed by atoms with E-state index in [1.54, 1.807) is 6.92 Å². The van der Waals surface area contributed by atoms with Gasteiger partial charge < -0.3 is 25.5 Å². The predicted octanol–water partition coefficient (Wildman–Crippen LogP) is 2.84. The Morgan fingerprint density at radius 1 is 1.03 bits per heavy atom. The Labute approximate surface area is 196 Å². The average Bonchev–Trinajstić information content (AvgIpc) is 3.46. The summed E-state index contributed by atoms with van der Waals surface area (Å²) in [5.41, 5.74) is 5.00. The van der Waals surface area contributed by atoms with Gasteiger partial charge in [0, 0.05) is 24.2 Å². The average molecular weight is 463 g/mol. The van der Waals surface area contributed by atoms with Crippen molar-refractivity contribution in [3.63, 3.8) is 0 Å². The quantitative estimate of drug-likeness (QED) is 0.386. The molecule has 34 heavy (non-hydrogen) atoms. The van der Waals surface area contributed by atoms with Crippen LogP contribution in [0.1, 0.15) is 36.1 Å². The number of carboxylic acid groups (broad SMARTS) is 1. The first kappa shape index (κ1) is 23.0. The fourth-order valence-electron chi connectivity index (χ4n) is 4.22. The fraction of sp³-hybridized carbons (Fsp3) is 0.280. The lowest BCUT2D eigenvalue weighted by Crippen LogP contribution is -2.52. The van der Waals surface area contributed by atoms with Gasteiger partial charge in [-0.2, -0.15) is 0 Å². The third-order valence-electron chi connectivity index (χ3n) is 5.95. The number of H-pyrrole nitrogens is 1. The maximum Gasteiger partial charge on any atom is 0.407 e. The molecule has 2 amide bonds. The van der Waals surface area contributed by atoms with E-state index in [1.165, 1.54) is 12.5 Å². The first-order valence-corrected chi connectivity index (χ1v) is 11.1. The third kappa shape index (κ3) is 4.93. The summed E-state index contributed by atoms with van der Waals surface area (Å²) in [6, 6.07) is 13.9. The van der Waals surface area contributed by atoms with Gasteiger partial charge in [-0.05, 0) is 28.7 Å². The molecule has 1 aliphatic carbocycles. The number of fused-ring (bicyclic) bond motifs is 3. The molecule has 0 saturated heterocycles. The highest BCUT2D eigenvalue weighted by Gasteiger charge is 2.30. The van der Waals surface area contributed by atoms with Crippen molar-refractivity contribution >= 4 is 18.0 Å². The number of aliphatic carboxylic acids is 1. The highest BCUT2D eigenvalue weighted by molar-refractivity contribution is 5.89. The van der Waals surface area contributed by atoms with Crippen LogP contribution in [0.15, 0.2) is 61.1 Å². The number of ether oxygens (including phenoxy) is 1. The number of carboxylic acids is 1. The molecule has 0 aliphatic heterocycles. The number of carbonyl (C=O) groups excluding carboxylic acids is 2. The summed E-state index contributed by atoms with van der Waals surface area (Å²) < 4.78 is 5.55. The molecule has 4 N–H and O–H groups in total. The van der Waals surface area contributed by atoms with Gasteiger partial charge in [0.05, 0.1) is 6.33 Å². The van der Waals surface area contributed by atoms with Crippen LogP contribution in [0.3, 0.4) is 0 Å². The van der Waals surface area contributed by atoms with E-state index in [9.17, 15) is 19.5 Å². The number of aromatic nitrogens is 2. The Hall–Kier alpha value is -4.14. The highest BCUT2D eigenvalue weighted by Crippen LogP contribution is 2.44. The number of alkyl carbamates (subject to hydrolysis) is 1. The van der Waals surface area contributed by atoms with E-state index >= 15 is 0 Å². The molecule has 0 saturated carbocycles. The number of carbonyl (C=O) groups is 3. The number of hydrogen-bond acceptors (Lipinski definition) is 5. The maximum atomic E-state index is 12.8. The molecule has 0 unspecified atom stereocenters. The lowest BCUT2D eigenvalue weighted by molar-refractivity contribution is -0.142. The zero-order valence-electron chi connectivity index (χ0n) is 18.7. The number of benzene rings is 2. The topological polar surface area (TPSA) is 133 Å². The number of nitrogens with zero attached hydrogens (tertiary/aromatic N) is 1. The standard InChI is InChI=1S/C25H26N4O5/c1-2-21(24(31)32)28-23(30)22(11-15-12-26-14-27-15)29-25(33)34-13-20-18-9-5-3-7-16(18)17-8-4-6-10-19(17)20/h3-10,12,14,20-22H,2,11,13H2,1H3,(H,26,27)(H,28,30)(H,29,33)(H,31,32)/t21-,22+/m1/s1. The molecular formula is C25H26N4O5. The number of imidazole rings is 1. The van der Waals surface area contributed by atoms with Crippen LogP contribution in [0.25, 0.3) is 11.1 Å². The van der Waals surface area contributed by atoms with Crippen LogP contribution in [0.4, 0.5) is 4.79 Å². The van der Waals surface area contributed by atoms with Crippen molar-refractivity contribution in [3.8, 4) is 11.1 Å². The largest absolute Gasteiger partial charge is 0.480 e. The smallest absolute Gasteiger partial charge is 0.407 e. The fourth-order valence-corrected chi connectivity index (χ4v) is 4.22. The van der Waals surface area contributed by atoms with Crippen molar-refractivity contribution in [1.82, 2.24) is 20.6 Å². The molecule has 0 spiro atoms. The Morgan fingerprint density at radius 3 is 2.24 bits per heavy atom. The van der Waals surface area contributed by atoms with E-state index in [4.69, 9.17) is 4.74 Å². The molecule has 2 atom stereocenters. The second-order valence-corrected chi connectivity index (χ2v) is 8.11. The Kier molecular flexibility index (Phi) is 6.91. The summed E-state index contributed by atoms with van der Waals surface area (Å²) in [5, 5.41) is 14.3. The third-order valence-corrected chi connectivity index (χ3v) is 5.95. The van der Waals surface area contributed by atoms with E-state index < -0.39 is 30.1 Å². The minimum atomic E-state index is -1.14. The molecule has 0 bridgehead atoms. The maximum absolute atomic E-state index is 12.8. The molecule has 1 aromatic heterocycles. The molecule has 1 aliphatic rings. The van der Waals surface area contributed by atoms with Gasteiger partial charge in [0.15, 0.2) is 0 Å². The van der Waals surface area contributed by atoms with Crippen LogP contribution in [-0.4, -0.2) is 51.7 Å². The van der Waals surface area contributed by atoms with Gasteiger partial charge in [-0.15, -0.1) is 0 Å². The molecule has 4 rings (SSSR count). The van der Waals surface area contributed by atoms with Gasteiger partial charge in [-0.25, -0.2) is 14.6 Å². The molecule has 1 heterocycles. The van der Waals surface area contributed by atoms with Gasteiger partial charge in [-0.3, -0.25) is 4.79 Å². The minimum absolute atomic E-state index is 0.102. The zero-order valence-corrected chi connectivity index (χ0v) is 18.7. The molecule has 2 aromatic carbocycles. The summed E-state index contributed by atoms with van der Waals surface area (Å²) >= 11 is 0. The summed E-state index contributed by atoms with van der Waals surface area (Å²) in [5.74, 6) is -1.87.